The smallest absolute Gasteiger partial charge is 0.137 e. The van der Waals surface area contributed by atoms with Gasteiger partial charge in [-0.15, -0.1) is 0 Å². The maximum absolute atomic E-state index is 10.2. The molecule has 0 aliphatic heterocycles. The van der Waals surface area contributed by atoms with E-state index in [-0.39, 0.29) is 16.9 Å². The van der Waals surface area contributed by atoms with Crippen molar-refractivity contribution in [1.29, 1.82) is 0 Å². The van der Waals surface area contributed by atoms with Crippen molar-refractivity contribution in [1.82, 2.24) is 0 Å². The number of ether oxygens (including phenoxy) is 1. The Morgan fingerprint density at radius 3 is 2.19 bits per heavy atom. The van der Waals surface area contributed by atoms with E-state index < -0.39 is 6.10 Å². The quantitative estimate of drug-likeness (QED) is 0.651. The van der Waals surface area contributed by atoms with Crippen molar-refractivity contribution in [2.75, 3.05) is 13.2 Å². The first-order valence-corrected chi connectivity index (χ1v) is 10.5. The van der Waals surface area contributed by atoms with Gasteiger partial charge in [0.2, 0.25) is 0 Å². The van der Waals surface area contributed by atoms with Gasteiger partial charge in [0.05, 0.1) is 12.1 Å². The summed E-state index contributed by atoms with van der Waals surface area (Å²) < 4.78 is 5.78. The molecule has 1 aromatic carbocycles. The molecule has 0 saturated heterocycles. The number of quaternary nitrogens is 1. The lowest BCUT2D eigenvalue weighted by atomic mass is 9.72. The Labute approximate surface area is 165 Å². The van der Waals surface area contributed by atoms with Crippen molar-refractivity contribution in [2.45, 2.75) is 90.4 Å². The minimum Gasteiger partial charge on any atom is -0.491 e. The molecule has 4 N–H and O–H groups in total. The third-order valence-corrected chi connectivity index (χ3v) is 5.53. The van der Waals surface area contributed by atoms with Crippen LogP contribution in [-0.4, -0.2) is 41.6 Å². The lowest BCUT2D eigenvalue weighted by Gasteiger charge is -2.33. The molecule has 1 saturated carbocycles. The lowest BCUT2D eigenvalue weighted by molar-refractivity contribution is -0.697. The number of rotatable bonds is 8. The van der Waals surface area contributed by atoms with E-state index in [1.54, 1.807) is 0 Å². The lowest BCUT2D eigenvalue weighted by Crippen LogP contribution is -2.92. The highest BCUT2D eigenvalue weighted by molar-refractivity contribution is 5.31. The molecule has 154 valence electrons. The van der Waals surface area contributed by atoms with Gasteiger partial charge < -0.3 is 20.3 Å². The monoisotopic (exact) mass is 378 g/mol. The number of hydrogen-bond donors (Lipinski definition) is 3. The normalized spacial score (nSPS) is 22.5. The summed E-state index contributed by atoms with van der Waals surface area (Å²) in [5.41, 5.74) is 1.73. The fourth-order valence-electron chi connectivity index (χ4n) is 4.38. The Morgan fingerprint density at radius 2 is 1.63 bits per heavy atom. The van der Waals surface area contributed by atoms with Crippen LogP contribution in [0.15, 0.2) is 24.3 Å². The molecule has 1 atom stereocenters. The second-order valence-electron chi connectivity index (χ2n) is 10.2. The van der Waals surface area contributed by atoms with Crippen molar-refractivity contribution in [2.24, 2.45) is 5.41 Å². The van der Waals surface area contributed by atoms with Gasteiger partial charge in [0.25, 0.3) is 0 Å². The summed E-state index contributed by atoms with van der Waals surface area (Å²) in [6.07, 6.45) is 4.33. The number of benzene rings is 1. The largest absolute Gasteiger partial charge is 0.491 e. The van der Waals surface area contributed by atoms with E-state index >= 15 is 0 Å². The SMILES string of the molecule is CC(C)(C)CC(C)(C)c1ccc(OC[C@@H](O)C[NH2+]C2CCC(O)CC2)cc1. The summed E-state index contributed by atoms with van der Waals surface area (Å²) in [6.45, 7) is 12.4. The van der Waals surface area contributed by atoms with Crippen LogP contribution in [0.1, 0.15) is 72.3 Å². The molecule has 0 unspecified atom stereocenters. The van der Waals surface area contributed by atoms with Crippen LogP contribution in [0.2, 0.25) is 0 Å². The summed E-state index contributed by atoms with van der Waals surface area (Å²) in [7, 11) is 0. The molecule has 0 bridgehead atoms. The van der Waals surface area contributed by atoms with Crippen molar-refractivity contribution >= 4 is 0 Å². The molecule has 0 heterocycles. The average molecular weight is 379 g/mol. The van der Waals surface area contributed by atoms with E-state index in [1.807, 2.05) is 12.1 Å². The molecule has 1 aliphatic rings. The maximum Gasteiger partial charge on any atom is 0.137 e. The highest BCUT2D eigenvalue weighted by Crippen LogP contribution is 2.36. The molecular formula is C23H40NO3+. The third kappa shape index (κ3) is 7.81. The van der Waals surface area contributed by atoms with Gasteiger partial charge in [0.15, 0.2) is 0 Å². The zero-order chi connectivity index (χ0) is 20.1. The predicted molar refractivity (Wildman–Crippen MR) is 110 cm³/mol. The van der Waals surface area contributed by atoms with E-state index in [0.717, 1.165) is 37.9 Å². The van der Waals surface area contributed by atoms with Crippen molar-refractivity contribution in [3.05, 3.63) is 29.8 Å². The van der Waals surface area contributed by atoms with Crippen LogP contribution in [0, 0.1) is 5.41 Å². The minimum atomic E-state index is -0.478. The molecule has 1 fully saturated rings. The highest BCUT2D eigenvalue weighted by Gasteiger charge is 2.27. The highest BCUT2D eigenvalue weighted by atomic mass is 16.5. The molecule has 0 radical (unpaired) electrons. The third-order valence-electron chi connectivity index (χ3n) is 5.53. The average Bonchev–Trinajstić information content (AvgIpc) is 2.58. The Hall–Kier alpha value is -1.10. The first-order valence-electron chi connectivity index (χ1n) is 10.5. The van der Waals surface area contributed by atoms with E-state index in [1.165, 1.54) is 5.56 Å². The topological polar surface area (TPSA) is 66.3 Å². The summed E-state index contributed by atoms with van der Waals surface area (Å²) in [4.78, 5) is 0. The second kappa shape index (κ2) is 9.40. The fourth-order valence-corrected chi connectivity index (χ4v) is 4.38. The number of aliphatic hydroxyl groups excluding tert-OH is 2. The van der Waals surface area contributed by atoms with Gasteiger partial charge >= 0.3 is 0 Å². The van der Waals surface area contributed by atoms with Crippen LogP contribution in [0.4, 0.5) is 0 Å². The van der Waals surface area contributed by atoms with E-state index in [0.29, 0.717) is 19.2 Å². The summed E-state index contributed by atoms with van der Waals surface area (Å²) in [5.74, 6) is 0.810. The van der Waals surface area contributed by atoms with Crippen LogP contribution < -0.4 is 10.1 Å². The molecule has 0 spiro atoms. The standard InChI is InChI=1S/C23H39NO3/c1-22(2,3)16-23(4,5)17-6-12-21(13-7-17)27-15-20(26)14-24-18-8-10-19(25)11-9-18/h6-7,12-13,18-20,24-26H,8-11,14-16H2,1-5H3/p+1/t18?,19?,20-/m0/s1. The van der Waals surface area contributed by atoms with Crippen molar-refractivity contribution in [3.8, 4) is 5.75 Å². The Morgan fingerprint density at radius 1 is 1.04 bits per heavy atom. The minimum absolute atomic E-state index is 0.124. The van der Waals surface area contributed by atoms with Gasteiger partial charge in [-0.3, -0.25) is 0 Å². The van der Waals surface area contributed by atoms with Crippen LogP contribution in [-0.2, 0) is 5.41 Å². The van der Waals surface area contributed by atoms with Crippen molar-refractivity contribution < 1.29 is 20.3 Å². The van der Waals surface area contributed by atoms with Gasteiger partial charge in [-0.25, -0.2) is 0 Å². The Balaban J connectivity index is 1.76. The molecular weight excluding hydrogens is 338 g/mol. The van der Waals surface area contributed by atoms with Gasteiger partial charge in [-0.05, 0) is 47.8 Å². The summed E-state index contributed by atoms with van der Waals surface area (Å²) in [6, 6.07) is 8.84. The number of nitrogens with two attached hydrogens (primary N) is 1. The molecule has 0 aromatic heterocycles. The van der Waals surface area contributed by atoms with Crippen LogP contribution >= 0.6 is 0 Å². The van der Waals surface area contributed by atoms with Gasteiger partial charge in [-0.2, -0.15) is 0 Å². The van der Waals surface area contributed by atoms with Gasteiger partial charge in [-0.1, -0.05) is 46.8 Å². The summed E-state index contributed by atoms with van der Waals surface area (Å²) in [5, 5.41) is 22.0. The Kier molecular flexibility index (Phi) is 7.73. The molecule has 1 aliphatic carbocycles. The van der Waals surface area contributed by atoms with E-state index in [9.17, 15) is 10.2 Å². The zero-order valence-electron chi connectivity index (χ0n) is 17.9. The fraction of sp³-hybridized carbons (Fsp3) is 0.739. The molecule has 2 rings (SSSR count). The van der Waals surface area contributed by atoms with Crippen LogP contribution in [0.5, 0.6) is 5.75 Å². The van der Waals surface area contributed by atoms with Gasteiger partial charge in [0, 0.05) is 12.8 Å². The Bertz CT molecular complexity index is 554. The molecule has 27 heavy (non-hydrogen) atoms. The van der Waals surface area contributed by atoms with E-state index in [4.69, 9.17) is 4.74 Å². The number of hydrogen-bond acceptors (Lipinski definition) is 3. The predicted octanol–water partition coefficient (Wildman–Crippen LogP) is 3.01. The van der Waals surface area contributed by atoms with Crippen LogP contribution in [0.3, 0.4) is 0 Å². The molecule has 0 amide bonds. The molecule has 4 nitrogen and oxygen atoms in total. The molecule has 1 aromatic rings. The number of aliphatic hydroxyl groups is 2. The van der Waals surface area contributed by atoms with Gasteiger partial charge in [0.1, 0.15) is 25.0 Å². The second-order valence-corrected chi connectivity index (χ2v) is 10.2. The maximum atomic E-state index is 10.2. The van der Waals surface area contributed by atoms with Crippen molar-refractivity contribution in [3.63, 3.8) is 0 Å². The van der Waals surface area contributed by atoms with E-state index in [2.05, 4.69) is 52.1 Å². The summed E-state index contributed by atoms with van der Waals surface area (Å²) >= 11 is 0. The van der Waals surface area contributed by atoms with Crippen LogP contribution in [0.25, 0.3) is 0 Å². The zero-order valence-corrected chi connectivity index (χ0v) is 17.9. The first-order chi connectivity index (χ1) is 12.5. The first kappa shape index (κ1) is 22.2. The molecule has 4 heteroatoms.